The molecule has 2 atom stereocenters. The van der Waals surface area contributed by atoms with Crippen LogP contribution in [0.25, 0.3) is 0 Å². The van der Waals surface area contributed by atoms with Gasteiger partial charge in [0.1, 0.15) is 23.8 Å². The molecule has 2 aromatic rings. The Labute approximate surface area is 282 Å². The van der Waals surface area contributed by atoms with Crippen LogP contribution in [0.5, 0.6) is 5.75 Å². The van der Waals surface area contributed by atoms with Crippen LogP contribution in [0.1, 0.15) is 95.7 Å². The number of hydrogen-bond acceptors (Lipinski definition) is 6. The number of amides is 2. The number of benzene rings is 2. The standard InChI is InChI=1S/C38H44ClN3O5/c1-24-10-7-8-19-41(24)33(45)17-18-34(46)42-30-13-9-14-31(43)36(30)40-29-21-38(2,3)22-32(44)35(29)37(42)27-16-15-26(20-28(27)39)47-23-25-11-5-4-6-12-25/h4-6,11-13,15-16,20,24,37,40,43H,7-10,14,17-19,21-23H2,1-3H3. The molecular weight excluding hydrogens is 614 g/mol. The molecular formula is C38H44ClN3O5. The van der Waals surface area contributed by atoms with E-state index < -0.39 is 6.04 Å². The number of aliphatic hydroxyl groups excluding tert-OH is 1. The molecule has 0 bridgehead atoms. The Hall–Kier alpha value is -4.04. The minimum atomic E-state index is -0.858. The number of likely N-dealkylation sites (tertiary alicyclic amines) is 1. The number of rotatable bonds is 7. The summed E-state index contributed by atoms with van der Waals surface area (Å²) in [7, 11) is 0. The predicted molar refractivity (Wildman–Crippen MR) is 181 cm³/mol. The van der Waals surface area contributed by atoms with Crippen molar-refractivity contribution in [3.05, 3.63) is 99.2 Å². The molecule has 0 radical (unpaired) electrons. The van der Waals surface area contributed by atoms with E-state index in [0.29, 0.717) is 77.8 Å². The van der Waals surface area contributed by atoms with Gasteiger partial charge in [0.2, 0.25) is 11.8 Å². The molecule has 8 nitrogen and oxygen atoms in total. The summed E-state index contributed by atoms with van der Waals surface area (Å²) in [6, 6.07) is 14.5. The van der Waals surface area contributed by atoms with Gasteiger partial charge in [-0.3, -0.25) is 19.3 Å². The van der Waals surface area contributed by atoms with Gasteiger partial charge in [-0.15, -0.1) is 0 Å². The quantitative estimate of drug-likeness (QED) is 0.317. The maximum atomic E-state index is 14.5. The smallest absolute Gasteiger partial charge is 0.228 e. The number of piperidine rings is 1. The number of aliphatic hydroxyl groups is 1. The molecule has 2 aliphatic carbocycles. The Morgan fingerprint density at radius 3 is 2.57 bits per heavy atom. The van der Waals surface area contributed by atoms with E-state index in [1.54, 1.807) is 11.0 Å². The van der Waals surface area contributed by atoms with Crippen LogP contribution in [0.4, 0.5) is 0 Å². The van der Waals surface area contributed by atoms with Gasteiger partial charge in [-0.25, -0.2) is 0 Å². The Kier molecular flexibility index (Phi) is 9.51. The largest absolute Gasteiger partial charge is 0.510 e. The zero-order chi connectivity index (χ0) is 33.3. The summed E-state index contributed by atoms with van der Waals surface area (Å²) >= 11 is 7.04. The van der Waals surface area contributed by atoms with Gasteiger partial charge in [0, 0.05) is 54.6 Å². The lowest BCUT2D eigenvalue weighted by molar-refractivity contribution is -0.139. The first kappa shape index (κ1) is 32.9. The van der Waals surface area contributed by atoms with Crippen molar-refractivity contribution in [3.8, 4) is 5.75 Å². The van der Waals surface area contributed by atoms with E-state index in [9.17, 15) is 19.5 Å². The normalized spacial score (nSPS) is 22.6. The van der Waals surface area contributed by atoms with Gasteiger partial charge in [0.05, 0.1) is 11.7 Å². The number of halogens is 1. The van der Waals surface area contributed by atoms with E-state index in [1.165, 1.54) is 0 Å². The number of carbonyl (C=O) groups excluding carboxylic acids is 3. The highest BCUT2D eigenvalue weighted by Crippen LogP contribution is 2.49. The number of allylic oxidation sites excluding steroid dienone is 3. The molecule has 0 aromatic heterocycles. The minimum Gasteiger partial charge on any atom is -0.510 e. The molecule has 4 aliphatic rings. The summed E-state index contributed by atoms with van der Waals surface area (Å²) in [6.45, 7) is 7.21. The number of carbonyl (C=O) groups is 3. The van der Waals surface area contributed by atoms with E-state index in [0.717, 1.165) is 24.8 Å². The number of fused-ring (bicyclic) bond motifs is 1. The van der Waals surface area contributed by atoms with E-state index in [-0.39, 0.29) is 47.7 Å². The average Bonchev–Trinajstić information content (AvgIpc) is 3.18. The van der Waals surface area contributed by atoms with Gasteiger partial charge < -0.3 is 20.1 Å². The lowest BCUT2D eigenvalue weighted by Gasteiger charge is -2.38. The molecule has 0 saturated carbocycles. The van der Waals surface area contributed by atoms with E-state index in [4.69, 9.17) is 16.3 Å². The molecule has 2 aromatic carbocycles. The van der Waals surface area contributed by atoms with Crippen molar-refractivity contribution >= 4 is 29.2 Å². The van der Waals surface area contributed by atoms with Crippen molar-refractivity contribution in [2.24, 2.45) is 5.41 Å². The third-order valence-corrected chi connectivity index (χ3v) is 10.0. The van der Waals surface area contributed by atoms with E-state index in [2.05, 4.69) is 12.2 Å². The first-order valence-corrected chi connectivity index (χ1v) is 17.1. The molecule has 9 heteroatoms. The van der Waals surface area contributed by atoms with Gasteiger partial charge in [0.15, 0.2) is 5.78 Å². The molecule has 2 heterocycles. The minimum absolute atomic E-state index is 0.0396. The van der Waals surface area contributed by atoms with Crippen LogP contribution in [0, 0.1) is 5.41 Å². The second-order valence-electron chi connectivity index (χ2n) is 14.0. The fourth-order valence-corrected chi connectivity index (χ4v) is 7.61. The van der Waals surface area contributed by atoms with Gasteiger partial charge in [-0.05, 0) is 67.7 Å². The van der Waals surface area contributed by atoms with Crippen LogP contribution >= 0.6 is 11.6 Å². The highest BCUT2D eigenvalue weighted by molar-refractivity contribution is 6.31. The van der Waals surface area contributed by atoms with Crippen molar-refractivity contribution in [3.63, 3.8) is 0 Å². The first-order valence-electron chi connectivity index (χ1n) is 16.8. The number of ketones is 1. The molecule has 2 unspecified atom stereocenters. The molecule has 1 saturated heterocycles. The number of nitrogens with one attached hydrogen (secondary N) is 1. The molecule has 248 valence electrons. The molecule has 1 fully saturated rings. The Morgan fingerprint density at radius 1 is 1.06 bits per heavy atom. The first-order chi connectivity index (χ1) is 22.5. The van der Waals surface area contributed by atoms with Gasteiger partial charge in [-0.2, -0.15) is 0 Å². The number of hydrogen-bond donors (Lipinski definition) is 2. The maximum Gasteiger partial charge on any atom is 0.228 e. The summed E-state index contributed by atoms with van der Waals surface area (Å²) in [6.07, 6.45) is 6.76. The lowest BCUT2D eigenvalue weighted by Crippen LogP contribution is -2.43. The van der Waals surface area contributed by atoms with Gasteiger partial charge in [-0.1, -0.05) is 67.9 Å². The maximum absolute atomic E-state index is 14.5. The zero-order valence-corrected chi connectivity index (χ0v) is 28.2. The Morgan fingerprint density at radius 2 is 1.83 bits per heavy atom. The van der Waals surface area contributed by atoms with Crippen LogP contribution in [-0.2, 0) is 21.0 Å². The number of Topliss-reactive ketones (excluding diaryl/α,β-unsaturated/α-hetero) is 1. The highest BCUT2D eigenvalue weighted by Gasteiger charge is 2.45. The van der Waals surface area contributed by atoms with Crippen LogP contribution in [0.3, 0.4) is 0 Å². The summed E-state index contributed by atoms with van der Waals surface area (Å²) in [5, 5.41) is 14.9. The van der Waals surface area contributed by atoms with Gasteiger partial charge in [0.25, 0.3) is 0 Å². The molecule has 47 heavy (non-hydrogen) atoms. The van der Waals surface area contributed by atoms with Gasteiger partial charge >= 0.3 is 0 Å². The average molecular weight is 658 g/mol. The molecule has 6 rings (SSSR count). The molecule has 2 amide bonds. The Bertz CT molecular complexity index is 1660. The van der Waals surface area contributed by atoms with Crippen molar-refractivity contribution in [2.75, 3.05) is 6.54 Å². The van der Waals surface area contributed by atoms with Crippen molar-refractivity contribution in [1.29, 1.82) is 0 Å². The fourth-order valence-electron chi connectivity index (χ4n) is 7.34. The number of ether oxygens (including phenoxy) is 1. The van der Waals surface area contributed by atoms with Crippen LogP contribution in [0.15, 0.2) is 83.0 Å². The van der Waals surface area contributed by atoms with Crippen molar-refractivity contribution < 1.29 is 24.2 Å². The molecule has 0 spiro atoms. The second-order valence-corrected chi connectivity index (χ2v) is 14.4. The summed E-state index contributed by atoms with van der Waals surface area (Å²) in [5.41, 5.74) is 3.35. The zero-order valence-electron chi connectivity index (χ0n) is 27.5. The molecule has 2 N–H and O–H groups in total. The lowest BCUT2D eigenvalue weighted by atomic mass is 9.73. The SMILES string of the molecule is CC1CCCCN1C(=O)CCC(=O)N1C2=CCCC(O)=C2NC2=C(C(=O)CC(C)(C)C2)C1c1ccc(OCc2ccccc2)cc1Cl. The fraction of sp³-hybridized carbons (Fsp3) is 0.447. The summed E-state index contributed by atoms with van der Waals surface area (Å²) in [5.74, 6) is 0.274. The van der Waals surface area contributed by atoms with Crippen molar-refractivity contribution in [2.45, 2.75) is 97.2 Å². The summed E-state index contributed by atoms with van der Waals surface area (Å²) in [4.78, 5) is 45.4. The molecule has 2 aliphatic heterocycles. The number of nitrogens with zero attached hydrogens (tertiary/aromatic N) is 2. The van der Waals surface area contributed by atoms with Crippen LogP contribution < -0.4 is 10.1 Å². The van der Waals surface area contributed by atoms with Crippen LogP contribution in [-0.4, -0.2) is 45.1 Å². The van der Waals surface area contributed by atoms with Crippen molar-refractivity contribution in [1.82, 2.24) is 15.1 Å². The van der Waals surface area contributed by atoms with E-state index in [1.807, 2.05) is 67.3 Å². The van der Waals surface area contributed by atoms with E-state index >= 15 is 0 Å². The monoisotopic (exact) mass is 657 g/mol. The third-order valence-electron chi connectivity index (χ3n) is 9.71. The second kappa shape index (κ2) is 13.6. The Balaban J connectivity index is 1.40. The van der Waals surface area contributed by atoms with Crippen LogP contribution in [0.2, 0.25) is 5.02 Å². The highest BCUT2D eigenvalue weighted by atomic mass is 35.5. The third kappa shape index (κ3) is 6.98. The summed E-state index contributed by atoms with van der Waals surface area (Å²) < 4.78 is 6.05. The topological polar surface area (TPSA) is 99.2 Å². The predicted octanol–water partition coefficient (Wildman–Crippen LogP) is 7.66.